The molecular formula is C12H13BrFNO2. The Morgan fingerprint density at radius 2 is 2.06 bits per heavy atom. The molecule has 0 aromatic heterocycles. The lowest BCUT2D eigenvalue weighted by atomic mass is 9.89. The van der Waals surface area contributed by atoms with E-state index in [0.717, 1.165) is 4.47 Å². The number of nitrogens with zero attached hydrogens (tertiary/aromatic N) is 1. The van der Waals surface area contributed by atoms with Crippen LogP contribution in [0.5, 0.6) is 0 Å². The molecule has 1 N–H and O–H groups in total. The third kappa shape index (κ3) is 2.77. The first-order chi connectivity index (χ1) is 8.08. The van der Waals surface area contributed by atoms with Gasteiger partial charge >= 0.3 is 6.09 Å². The Morgan fingerprint density at radius 1 is 1.41 bits per heavy atom. The van der Waals surface area contributed by atoms with Gasteiger partial charge in [-0.25, -0.2) is 9.18 Å². The third-order valence-corrected chi connectivity index (χ3v) is 3.66. The van der Waals surface area contributed by atoms with Crippen molar-refractivity contribution in [3.63, 3.8) is 0 Å². The maximum Gasteiger partial charge on any atom is 0.407 e. The Kier molecular flexibility index (Phi) is 3.66. The molecule has 1 aliphatic rings. The van der Waals surface area contributed by atoms with E-state index in [1.807, 2.05) is 6.07 Å². The highest BCUT2D eigenvalue weighted by molar-refractivity contribution is 9.10. The average Bonchev–Trinajstić information content (AvgIpc) is 2.29. The zero-order valence-electron chi connectivity index (χ0n) is 9.20. The van der Waals surface area contributed by atoms with Crippen LogP contribution in [0, 0.1) is 5.82 Å². The summed E-state index contributed by atoms with van der Waals surface area (Å²) in [7, 11) is 0. The van der Waals surface area contributed by atoms with Crippen molar-refractivity contribution < 1.29 is 14.3 Å². The molecule has 92 valence electrons. The van der Waals surface area contributed by atoms with E-state index in [2.05, 4.69) is 15.9 Å². The number of rotatable bonds is 1. The summed E-state index contributed by atoms with van der Waals surface area (Å²) >= 11 is 3.22. The van der Waals surface area contributed by atoms with Gasteiger partial charge in [-0.15, -0.1) is 0 Å². The van der Waals surface area contributed by atoms with Gasteiger partial charge in [0, 0.05) is 17.6 Å². The highest BCUT2D eigenvalue weighted by Crippen LogP contribution is 2.31. The van der Waals surface area contributed by atoms with Crippen LogP contribution in [0.25, 0.3) is 0 Å². The van der Waals surface area contributed by atoms with Gasteiger partial charge in [0.15, 0.2) is 0 Å². The van der Waals surface area contributed by atoms with Crippen molar-refractivity contribution in [1.82, 2.24) is 4.90 Å². The average molecular weight is 302 g/mol. The standard InChI is InChI=1S/C12H13BrFNO2/c13-9-1-2-10(11(14)7-9)8-3-5-15(6-4-8)12(16)17/h1-2,7-8H,3-6H2,(H,16,17). The molecule has 0 aliphatic carbocycles. The lowest BCUT2D eigenvalue weighted by molar-refractivity contribution is 0.132. The number of piperidine rings is 1. The monoisotopic (exact) mass is 301 g/mol. The minimum absolute atomic E-state index is 0.124. The number of hydrogen-bond acceptors (Lipinski definition) is 1. The molecule has 17 heavy (non-hydrogen) atoms. The molecule has 1 aromatic carbocycles. The zero-order chi connectivity index (χ0) is 12.4. The van der Waals surface area contributed by atoms with E-state index in [4.69, 9.17) is 5.11 Å². The number of carboxylic acid groups (broad SMARTS) is 1. The summed E-state index contributed by atoms with van der Waals surface area (Å²) in [5.74, 6) is -0.0909. The summed E-state index contributed by atoms with van der Waals surface area (Å²) < 4.78 is 14.5. The van der Waals surface area contributed by atoms with Crippen molar-refractivity contribution in [3.8, 4) is 0 Å². The third-order valence-electron chi connectivity index (χ3n) is 3.17. The Hall–Kier alpha value is -1.10. The molecule has 2 rings (SSSR count). The molecule has 3 nitrogen and oxygen atoms in total. The lowest BCUT2D eigenvalue weighted by Crippen LogP contribution is -2.36. The second-order valence-electron chi connectivity index (χ2n) is 4.21. The Balaban J connectivity index is 2.08. The van der Waals surface area contributed by atoms with Crippen LogP contribution in [0.3, 0.4) is 0 Å². The van der Waals surface area contributed by atoms with Crippen LogP contribution in [0.1, 0.15) is 24.3 Å². The molecular weight excluding hydrogens is 289 g/mol. The van der Waals surface area contributed by atoms with E-state index in [1.165, 1.54) is 11.0 Å². The molecule has 1 aromatic rings. The van der Waals surface area contributed by atoms with Crippen LogP contribution in [0.2, 0.25) is 0 Å². The first kappa shape index (κ1) is 12.4. The Labute approximate surface area is 107 Å². The molecule has 0 spiro atoms. The van der Waals surface area contributed by atoms with Crippen molar-refractivity contribution in [2.45, 2.75) is 18.8 Å². The van der Waals surface area contributed by atoms with Crippen molar-refractivity contribution in [2.24, 2.45) is 0 Å². The van der Waals surface area contributed by atoms with Gasteiger partial charge in [0.25, 0.3) is 0 Å². The molecule has 1 aliphatic heterocycles. The van der Waals surface area contributed by atoms with Crippen molar-refractivity contribution in [1.29, 1.82) is 0 Å². The number of hydrogen-bond donors (Lipinski definition) is 1. The van der Waals surface area contributed by atoms with E-state index in [9.17, 15) is 9.18 Å². The Morgan fingerprint density at radius 3 is 2.59 bits per heavy atom. The van der Waals surface area contributed by atoms with Gasteiger partial charge in [-0.3, -0.25) is 0 Å². The van der Waals surface area contributed by atoms with Crippen molar-refractivity contribution >= 4 is 22.0 Å². The SMILES string of the molecule is O=C(O)N1CCC(c2ccc(Br)cc2F)CC1. The summed E-state index contributed by atoms with van der Waals surface area (Å²) in [5.41, 5.74) is 0.693. The van der Waals surface area contributed by atoms with Crippen LogP contribution >= 0.6 is 15.9 Å². The Bertz CT molecular complexity index is 431. The van der Waals surface area contributed by atoms with Crippen LogP contribution in [0.15, 0.2) is 22.7 Å². The molecule has 1 amide bonds. The topological polar surface area (TPSA) is 40.5 Å². The fraction of sp³-hybridized carbons (Fsp3) is 0.417. The number of amides is 1. The molecule has 1 fully saturated rings. The molecule has 0 radical (unpaired) electrons. The summed E-state index contributed by atoms with van der Waals surface area (Å²) in [4.78, 5) is 12.1. The normalized spacial score (nSPS) is 17.2. The van der Waals surface area contributed by atoms with Crippen molar-refractivity contribution in [3.05, 3.63) is 34.1 Å². The minimum Gasteiger partial charge on any atom is -0.465 e. The van der Waals surface area contributed by atoms with Gasteiger partial charge in [0.2, 0.25) is 0 Å². The smallest absolute Gasteiger partial charge is 0.407 e. The highest BCUT2D eigenvalue weighted by atomic mass is 79.9. The number of carbonyl (C=O) groups is 1. The lowest BCUT2D eigenvalue weighted by Gasteiger charge is -2.30. The molecule has 0 bridgehead atoms. The zero-order valence-corrected chi connectivity index (χ0v) is 10.8. The van der Waals surface area contributed by atoms with E-state index >= 15 is 0 Å². The molecule has 5 heteroatoms. The van der Waals surface area contributed by atoms with E-state index in [1.54, 1.807) is 6.07 Å². The van der Waals surface area contributed by atoms with Gasteiger partial charge < -0.3 is 10.0 Å². The number of benzene rings is 1. The predicted molar refractivity (Wildman–Crippen MR) is 65.7 cm³/mol. The quantitative estimate of drug-likeness (QED) is 0.863. The predicted octanol–water partition coefficient (Wildman–Crippen LogP) is 3.45. The first-order valence-electron chi connectivity index (χ1n) is 5.50. The summed E-state index contributed by atoms with van der Waals surface area (Å²) in [6.45, 7) is 0.963. The van der Waals surface area contributed by atoms with Gasteiger partial charge in [-0.1, -0.05) is 22.0 Å². The largest absolute Gasteiger partial charge is 0.465 e. The highest BCUT2D eigenvalue weighted by Gasteiger charge is 2.24. The number of likely N-dealkylation sites (tertiary alicyclic amines) is 1. The van der Waals surface area contributed by atoms with Crippen LogP contribution < -0.4 is 0 Å². The summed E-state index contributed by atoms with van der Waals surface area (Å²) in [6.07, 6.45) is 0.482. The fourth-order valence-corrected chi connectivity index (χ4v) is 2.55. The van der Waals surface area contributed by atoms with Crippen LogP contribution in [-0.4, -0.2) is 29.2 Å². The van der Waals surface area contributed by atoms with Crippen LogP contribution in [0.4, 0.5) is 9.18 Å². The molecule has 0 saturated carbocycles. The van der Waals surface area contributed by atoms with Crippen molar-refractivity contribution in [2.75, 3.05) is 13.1 Å². The minimum atomic E-state index is -0.889. The fourth-order valence-electron chi connectivity index (χ4n) is 2.21. The van der Waals surface area contributed by atoms with E-state index in [-0.39, 0.29) is 11.7 Å². The molecule has 1 saturated heterocycles. The van der Waals surface area contributed by atoms with Gasteiger partial charge in [0.1, 0.15) is 5.82 Å². The summed E-state index contributed by atoms with van der Waals surface area (Å²) in [6, 6.07) is 5.06. The maximum atomic E-state index is 13.7. The summed E-state index contributed by atoms with van der Waals surface area (Å²) in [5, 5.41) is 8.83. The van der Waals surface area contributed by atoms with Gasteiger partial charge in [-0.05, 0) is 36.5 Å². The van der Waals surface area contributed by atoms with Crippen LogP contribution in [-0.2, 0) is 0 Å². The van der Waals surface area contributed by atoms with E-state index < -0.39 is 6.09 Å². The number of halogens is 2. The second-order valence-corrected chi connectivity index (χ2v) is 5.13. The molecule has 1 heterocycles. The van der Waals surface area contributed by atoms with Gasteiger partial charge in [-0.2, -0.15) is 0 Å². The second kappa shape index (κ2) is 5.04. The molecule has 0 atom stereocenters. The maximum absolute atomic E-state index is 13.7. The molecule has 0 unspecified atom stereocenters. The first-order valence-corrected chi connectivity index (χ1v) is 6.30. The van der Waals surface area contributed by atoms with E-state index in [0.29, 0.717) is 31.5 Å². The van der Waals surface area contributed by atoms with Gasteiger partial charge in [0.05, 0.1) is 0 Å².